The molecule has 1 unspecified atom stereocenters. The monoisotopic (exact) mass is 396 g/mol. The maximum absolute atomic E-state index is 12.2. The van der Waals surface area contributed by atoms with Gasteiger partial charge < -0.3 is 10.1 Å². The fourth-order valence-corrected chi connectivity index (χ4v) is 3.39. The smallest absolute Gasteiger partial charge is 0.251 e. The van der Waals surface area contributed by atoms with E-state index in [0.29, 0.717) is 17.2 Å². The Bertz CT molecular complexity index is 836. The Hall–Kier alpha value is -1.93. The lowest BCUT2D eigenvalue weighted by atomic mass is 10.1. The molecule has 140 valence electrons. The molecule has 2 aromatic carbocycles. The number of nitrogens with one attached hydrogen (secondary N) is 2. The van der Waals surface area contributed by atoms with E-state index < -0.39 is 10.0 Å². The predicted molar refractivity (Wildman–Crippen MR) is 101 cm³/mol. The van der Waals surface area contributed by atoms with Crippen LogP contribution >= 0.6 is 11.6 Å². The van der Waals surface area contributed by atoms with Gasteiger partial charge in [-0.2, -0.15) is 0 Å². The minimum atomic E-state index is -3.63. The second-order valence-electron chi connectivity index (χ2n) is 5.81. The molecule has 0 saturated carbocycles. The first-order valence-electron chi connectivity index (χ1n) is 7.96. The molecule has 8 heteroatoms. The van der Waals surface area contributed by atoms with E-state index in [1.807, 2.05) is 6.92 Å². The largest absolute Gasteiger partial charge is 0.383 e. The SMILES string of the molecule is COCC(C)NC(=O)c1ccc(CNS(=O)(=O)c2ccc(Cl)cc2)cc1. The lowest BCUT2D eigenvalue weighted by Crippen LogP contribution is -2.35. The summed E-state index contributed by atoms with van der Waals surface area (Å²) in [6.07, 6.45) is 0. The van der Waals surface area contributed by atoms with Crippen LogP contribution in [0.15, 0.2) is 53.4 Å². The van der Waals surface area contributed by atoms with Gasteiger partial charge in [-0.1, -0.05) is 23.7 Å². The molecule has 26 heavy (non-hydrogen) atoms. The van der Waals surface area contributed by atoms with Gasteiger partial charge in [0.25, 0.3) is 5.91 Å². The summed E-state index contributed by atoms with van der Waals surface area (Å²) in [6, 6.07) is 12.6. The van der Waals surface area contributed by atoms with Crippen molar-refractivity contribution >= 4 is 27.5 Å². The number of sulfonamides is 1. The van der Waals surface area contributed by atoms with Crippen LogP contribution in [0.4, 0.5) is 0 Å². The molecule has 0 radical (unpaired) electrons. The Morgan fingerprint density at radius 3 is 2.31 bits per heavy atom. The number of hydrogen-bond acceptors (Lipinski definition) is 4. The molecule has 0 bridgehead atoms. The summed E-state index contributed by atoms with van der Waals surface area (Å²) >= 11 is 5.77. The molecule has 0 aliphatic heterocycles. The Labute approximate surface area is 158 Å². The average Bonchev–Trinajstić information content (AvgIpc) is 2.61. The molecule has 6 nitrogen and oxygen atoms in total. The van der Waals surface area contributed by atoms with Crippen molar-refractivity contribution in [2.75, 3.05) is 13.7 Å². The first-order valence-corrected chi connectivity index (χ1v) is 9.82. The molecule has 0 saturated heterocycles. The normalized spacial score (nSPS) is 12.6. The first kappa shape index (κ1) is 20.4. The van der Waals surface area contributed by atoms with Crippen LogP contribution in [0.25, 0.3) is 0 Å². The molecular formula is C18H21ClN2O4S. The third-order valence-electron chi connectivity index (χ3n) is 3.60. The number of carbonyl (C=O) groups excluding carboxylic acids is 1. The molecule has 1 amide bonds. The van der Waals surface area contributed by atoms with E-state index in [1.54, 1.807) is 31.4 Å². The van der Waals surface area contributed by atoms with E-state index in [4.69, 9.17) is 16.3 Å². The van der Waals surface area contributed by atoms with Gasteiger partial charge in [0.1, 0.15) is 0 Å². The van der Waals surface area contributed by atoms with Gasteiger partial charge in [0, 0.05) is 30.3 Å². The van der Waals surface area contributed by atoms with Crippen LogP contribution in [0.2, 0.25) is 5.02 Å². The number of benzene rings is 2. The number of rotatable bonds is 8. The second kappa shape index (κ2) is 9.14. The van der Waals surface area contributed by atoms with Crippen LogP contribution in [0.1, 0.15) is 22.8 Å². The molecule has 0 heterocycles. The summed E-state index contributed by atoms with van der Waals surface area (Å²) in [5.74, 6) is -0.206. The Morgan fingerprint density at radius 2 is 1.73 bits per heavy atom. The molecule has 2 rings (SSSR count). The summed E-state index contributed by atoms with van der Waals surface area (Å²) < 4.78 is 32.0. The third-order valence-corrected chi connectivity index (χ3v) is 5.27. The molecule has 0 fully saturated rings. The van der Waals surface area contributed by atoms with Crippen molar-refractivity contribution in [3.8, 4) is 0 Å². The number of amides is 1. The van der Waals surface area contributed by atoms with Gasteiger partial charge in [0.05, 0.1) is 11.5 Å². The van der Waals surface area contributed by atoms with Gasteiger partial charge in [-0.05, 0) is 48.9 Å². The molecular weight excluding hydrogens is 376 g/mol. The minimum absolute atomic E-state index is 0.0987. The second-order valence-corrected chi connectivity index (χ2v) is 8.01. The average molecular weight is 397 g/mol. The number of methoxy groups -OCH3 is 1. The van der Waals surface area contributed by atoms with Crippen molar-refractivity contribution in [3.05, 3.63) is 64.7 Å². The summed E-state index contributed by atoms with van der Waals surface area (Å²) in [7, 11) is -2.05. The number of ether oxygens (including phenoxy) is 1. The van der Waals surface area contributed by atoms with Gasteiger partial charge >= 0.3 is 0 Å². The quantitative estimate of drug-likeness (QED) is 0.718. The summed E-state index contributed by atoms with van der Waals surface area (Å²) in [5.41, 5.74) is 1.24. The zero-order valence-corrected chi connectivity index (χ0v) is 16.1. The predicted octanol–water partition coefficient (Wildman–Crippen LogP) is 2.58. The number of halogens is 1. The number of carbonyl (C=O) groups is 1. The van der Waals surface area contributed by atoms with E-state index in [0.717, 1.165) is 5.56 Å². The summed E-state index contributed by atoms with van der Waals surface area (Å²) in [6.45, 7) is 2.39. The highest BCUT2D eigenvalue weighted by Crippen LogP contribution is 2.14. The number of hydrogen-bond donors (Lipinski definition) is 2. The van der Waals surface area contributed by atoms with Gasteiger partial charge in [0.15, 0.2) is 0 Å². The van der Waals surface area contributed by atoms with Crippen LogP contribution in [0.3, 0.4) is 0 Å². The van der Waals surface area contributed by atoms with Crippen molar-refractivity contribution in [1.29, 1.82) is 0 Å². The van der Waals surface area contributed by atoms with Crippen molar-refractivity contribution in [2.24, 2.45) is 0 Å². The summed E-state index contributed by atoms with van der Waals surface area (Å²) in [5, 5.41) is 3.28. The van der Waals surface area contributed by atoms with Gasteiger partial charge in [-0.25, -0.2) is 13.1 Å². The topological polar surface area (TPSA) is 84.5 Å². The Kier molecular flexibility index (Phi) is 7.16. The van der Waals surface area contributed by atoms with Crippen LogP contribution in [-0.4, -0.2) is 34.1 Å². The third kappa shape index (κ3) is 5.81. The van der Waals surface area contributed by atoms with Crippen molar-refractivity contribution in [3.63, 3.8) is 0 Å². The molecule has 0 aliphatic carbocycles. The van der Waals surface area contributed by atoms with E-state index in [9.17, 15) is 13.2 Å². The highest BCUT2D eigenvalue weighted by atomic mass is 35.5. The first-order chi connectivity index (χ1) is 12.3. The Morgan fingerprint density at radius 1 is 1.12 bits per heavy atom. The molecule has 0 spiro atoms. The van der Waals surface area contributed by atoms with Gasteiger partial charge in [0.2, 0.25) is 10.0 Å². The fourth-order valence-electron chi connectivity index (χ4n) is 2.25. The lowest BCUT2D eigenvalue weighted by Gasteiger charge is -2.13. The highest BCUT2D eigenvalue weighted by molar-refractivity contribution is 7.89. The van der Waals surface area contributed by atoms with E-state index in [-0.39, 0.29) is 23.4 Å². The molecule has 2 aromatic rings. The molecule has 0 aromatic heterocycles. The van der Waals surface area contributed by atoms with Crippen molar-refractivity contribution in [2.45, 2.75) is 24.4 Å². The Balaban J connectivity index is 1.96. The van der Waals surface area contributed by atoms with E-state index >= 15 is 0 Å². The maximum Gasteiger partial charge on any atom is 0.251 e. The van der Waals surface area contributed by atoms with Crippen molar-refractivity contribution < 1.29 is 17.9 Å². The van der Waals surface area contributed by atoms with E-state index in [2.05, 4.69) is 10.0 Å². The van der Waals surface area contributed by atoms with Crippen LogP contribution in [0.5, 0.6) is 0 Å². The lowest BCUT2D eigenvalue weighted by molar-refractivity contribution is 0.0905. The van der Waals surface area contributed by atoms with Crippen LogP contribution < -0.4 is 10.0 Å². The highest BCUT2D eigenvalue weighted by Gasteiger charge is 2.14. The molecule has 0 aliphatic rings. The van der Waals surface area contributed by atoms with Crippen LogP contribution in [0, 0.1) is 0 Å². The zero-order valence-electron chi connectivity index (χ0n) is 14.5. The minimum Gasteiger partial charge on any atom is -0.383 e. The standard InChI is InChI=1S/C18H21ClN2O4S/c1-13(12-25-2)21-18(22)15-5-3-14(4-6-15)11-20-26(23,24)17-9-7-16(19)8-10-17/h3-10,13,20H,11-12H2,1-2H3,(H,21,22). The van der Waals surface area contributed by atoms with Crippen molar-refractivity contribution in [1.82, 2.24) is 10.0 Å². The van der Waals surface area contributed by atoms with Crippen LogP contribution in [-0.2, 0) is 21.3 Å². The van der Waals surface area contributed by atoms with Gasteiger partial charge in [-0.3, -0.25) is 4.79 Å². The van der Waals surface area contributed by atoms with E-state index in [1.165, 1.54) is 24.3 Å². The van der Waals surface area contributed by atoms with Gasteiger partial charge in [-0.15, -0.1) is 0 Å². The fraction of sp³-hybridized carbons (Fsp3) is 0.278. The molecule has 1 atom stereocenters. The maximum atomic E-state index is 12.2. The summed E-state index contributed by atoms with van der Waals surface area (Å²) in [4.78, 5) is 12.2. The molecule has 2 N–H and O–H groups in total. The zero-order chi connectivity index (χ0) is 19.2.